The van der Waals surface area contributed by atoms with Gasteiger partial charge in [0.1, 0.15) is 0 Å². The molecule has 0 saturated carbocycles. The normalized spacial score (nSPS) is 14.8. The Morgan fingerprint density at radius 3 is 1.65 bits per heavy atom. The van der Waals surface area contributed by atoms with Crippen LogP contribution in [0.4, 0.5) is 0 Å². The van der Waals surface area contributed by atoms with Gasteiger partial charge in [0.05, 0.1) is 0 Å². The molecule has 0 heteroatoms. The maximum absolute atomic E-state index is 4.00. The van der Waals surface area contributed by atoms with Crippen LogP contribution in [0.3, 0.4) is 0 Å². The Bertz CT molecular complexity index is 139. The van der Waals surface area contributed by atoms with Crippen molar-refractivity contribution >= 4 is 0 Å². The molecule has 0 bridgehead atoms. The highest BCUT2D eigenvalue weighted by molar-refractivity contribution is 4.63. The smallest absolute Gasteiger partial charge is 0.0417 e. The summed E-state index contributed by atoms with van der Waals surface area (Å²) in [5.74, 6) is 1.68. The van der Waals surface area contributed by atoms with Crippen molar-refractivity contribution in [3.05, 3.63) is 6.92 Å². The second kappa shape index (κ2) is 12.5. The van der Waals surface area contributed by atoms with Gasteiger partial charge in [0.2, 0.25) is 0 Å². The van der Waals surface area contributed by atoms with Gasteiger partial charge in [-0.2, -0.15) is 0 Å². The minimum Gasteiger partial charge on any atom is -0.0654 e. The molecule has 2 unspecified atom stereocenters. The standard InChI is InChI=1S/C17H35/c1-5-7-8-9-10-11-12-13-14-15-17(4)16(3)6-2/h16-17H,2,5-15H2,1,3-4H3. The number of hydrogen-bond acceptors (Lipinski definition) is 0. The van der Waals surface area contributed by atoms with Crippen LogP contribution in [0.15, 0.2) is 0 Å². The molecular weight excluding hydrogens is 204 g/mol. The number of unbranched alkanes of at least 4 members (excludes halogenated alkanes) is 8. The molecule has 0 aliphatic heterocycles. The highest BCUT2D eigenvalue weighted by atomic mass is 14.1. The van der Waals surface area contributed by atoms with E-state index in [1.54, 1.807) is 0 Å². The second-order valence-electron chi connectivity index (χ2n) is 5.86. The Hall–Kier alpha value is 0. The Morgan fingerprint density at radius 1 is 0.706 bits per heavy atom. The predicted molar refractivity (Wildman–Crippen MR) is 80.1 cm³/mol. The first kappa shape index (κ1) is 17.0. The van der Waals surface area contributed by atoms with Crippen molar-refractivity contribution in [2.75, 3.05) is 0 Å². The lowest BCUT2D eigenvalue weighted by Crippen LogP contribution is -2.06. The summed E-state index contributed by atoms with van der Waals surface area (Å²) >= 11 is 0. The van der Waals surface area contributed by atoms with Crippen LogP contribution in [-0.2, 0) is 0 Å². The fraction of sp³-hybridized carbons (Fsp3) is 0.941. The molecule has 0 N–H and O–H groups in total. The molecule has 0 aliphatic rings. The lowest BCUT2D eigenvalue weighted by molar-refractivity contribution is 0.352. The van der Waals surface area contributed by atoms with Gasteiger partial charge < -0.3 is 0 Å². The molecule has 0 aromatic carbocycles. The van der Waals surface area contributed by atoms with E-state index in [-0.39, 0.29) is 0 Å². The van der Waals surface area contributed by atoms with Crippen LogP contribution in [0.25, 0.3) is 0 Å². The molecule has 17 heavy (non-hydrogen) atoms. The first-order valence-electron chi connectivity index (χ1n) is 8.01. The zero-order chi connectivity index (χ0) is 12.9. The molecule has 0 heterocycles. The van der Waals surface area contributed by atoms with Crippen molar-refractivity contribution in [3.8, 4) is 0 Å². The molecule has 2 atom stereocenters. The van der Waals surface area contributed by atoms with Crippen LogP contribution in [0, 0.1) is 18.8 Å². The van der Waals surface area contributed by atoms with E-state index < -0.39 is 0 Å². The summed E-state index contributed by atoms with van der Waals surface area (Å²) in [7, 11) is 0. The van der Waals surface area contributed by atoms with Crippen molar-refractivity contribution < 1.29 is 0 Å². The number of hydrogen-bond donors (Lipinski definition) is 0. The maximum atomic E-state index is 4.00. The second-order valence-corrected chi connectivity index (χ2v) is 5.86. The van der Waals surface area contributed by atoms with E-state index >= 15 is 0 Å². The zero-order valence-electron chi connectivity index (χ0n) is 12.6. The van der Waals surface area contributed by atoms with Gasteiger partial charge >= 0.3 is 0 Å². The average molecular weight is 239 g/mol. The Labute approximate surface area is 111 Å². The van der Waals surface area contributed by atoms with E-state index in [9.17, 15) is 0 Å². The zero-order valence-corrected chi connectivity index (χ0v) is 12.6. The fourth-order valence-electron chi connectivity index (χ4n) is 2.35. The van der Waals surface area contributed by atoms with Gasteiger partial charge in [0.25, 0.3) is 0 Å². The van der Waals surface area contributed by atoms with Crippen LogP contribution < -0.4 is 0 Å². The molecule has 0 amide bonds. The summed E-state index contributed by atoms with van der Waals surface area (Å²) < 4.78 is 0. The van der Waals surface area contributed by atoms with Crippen molar-refractivity contribution in [2.45, 2.75) is 91.4 Å². The minimum absolute atomic E-state index is 0.809. The summed E-state index contributed by atoms with van der Waals surface area (Å²) in [6.45, 7) is 11.0. The minimum atomic E-state index is 0.809. The lowest BCUT2D eigenvalue weighted by Gasteiger charge is -2.17. The molecule has 1 radical (unpaired) electrons. The molecule has 103 valence electrons. The molecule has 0 aromatic heterocycles. The predicted octanol–water partition coefficient (Wildman–Crippen LogP) is 6.40. The first-order valence-corrected chi connectivity index (χ1v) is 8.01. The molecular formula is C17H35. The summed E-state index contributed by atoms with van der Waals surface area (Å²) in [6.07, 6.45) is 15.5. The molecule has 0 rings (SSSR count). The van der Waals surface area contributed by atoms with E-state index in [1.807, 2.05) is 0 Å². The third-order valence-corrected chi connectivity index (χ3v) is 4.19. The van der Waals surface area contributed by atoms with Gasteiger partial charge in [-0.3, -0.25) is 0 Å². The lowest BCUT2D eigenvalue weighted by atomic mass is 9.89. The van der Waals surface area contributed by atoms with Gasteiger partial charge in [0.15, 0.2) is 0 Å². The van der Waals surface area contributed by atoms with Gasteiger partial charge in [-0.25, -0.2) is 0 Å². The third kappa shape index (κ3) is 10.9. The van der Waals surface area contributed by atoms with Gasteiger partial charge in [-0.15, -0.1) is 0 Å². The Kier molecular flexibility index (Phi) is 12.5. The van der Waals surface area contributed by atoms with E-state index in [1.165, 1.54) is 64.2 Å². The highest BCUT2D eigenvalue weighted by Crippen LogP contribution is 2.21. The van der Waals surface area contributed by atoms with E-state index in [4.69, 9.17) is 0 Å². The third-order valence-electron chi connectivity index (χ3n) is 4.19. The van der Waals surface area contributed by atoms with Gasteiger partial charge in [-0.1, -0.05) is 98.3 Å². The van der Waals surface area contributed by atoms with Crippen molar-refractivity contribution in [2.24, 2.45) is 11.8 Å². The molecule has 0 aromatic rings. The van der Waals surface area contributed by atoms with Crippen LogP contribution in [0.1, 0.15) is 91.4 Å². The van der Waals surface area contributed by atoms with E-state index in [0.29, 0.717) is 0 Å². The molecule has 0 saturated heterocycles. The summed E-state index contributed by atoms with van der Waals surface area (Å²) in [4.78, 5) is 0. The van der Waals surface area contributed by atoms with Crippen LogP contribution in [0.2, 0.25) is 0 Å². The number of rotatable bonds is 12. The van der Waals surface area contributed by atoms with E-state index in [0.717, 1.165) is 18.3 Å². The molecule has 0 aliphatic carbocycles. The van der Waals surface area contributed by atoms with Crippen LogP contribution in [0.5, 0.6) is 0 Å². The summed E-state index contributed by atoms with van der Waals surface area (Å²) in [6, 6.07) is 0. The monoisotopic (exact) mass is 239 g/mol. The van der Waals surface area contributed by atoms with Crippen LogP contribution >= 0.6 is 0 Å². The van der Waals surface area contributed by atoms with E-state index in [2.05, 4.69) is 27.7 Å². The Morgan fingerprint density at radius 2 is 1.18 bits per heavy atom. The topological polar surface area (TPSA) is 0 Å². The van der Waals surface area contributed by atoms with Gasteiger partial charge in [0, 0.05) is 0 Å². The fourth-order valence-corrected chi connectivity index (χ4v) is 2.35. The van der Waals surface area contributed by atoms with Crippen molar-refractivity contribution in [1.29, 1.82) is 0 Å². The summed E-state index contributed by atoms with van der Waals surface area (Å²) in [5, 5.41) is 0. The maximum Gasteiger partial charge on any atom is -0.0417 e. The quantitative estimate of drug-likeness (QED) is 0.345. The van der Waals surface area contributed by atoms with Crippen molar-refractivity contribution in [1.82, 2.24) is 0 Å². The molecule has 0 spiro atoms. The molecule has 0 nitrogen and oxygen atoms in total. The Balaban J connectivity index is 3.13. The largest absolute Gasteiger partial charge is 0.0654 e. The average Bonchev–Trinajstić information content (AvgIpc) is 2.35. The highest BCUT2D eigenvalue weighted by Gasteiger charge is 2.08. The first-order chi connectivity index (χ1) is 8.22. The SMILES string of the molecule is [CH2]CC(C)C(C)CCCCCCCCCCC. The summed E-state index contributed by atoms with van der Waals surface area (Å²) in [5.41, 5.74) is 0. The molecule has 0 fully saturated rings. The van der Waals surface area contributed by atoms with Gasteiger partial charge in [-0.05, 0) is 11.8 Å². The van der Waals surface area contributed by atoms with Crippen LogP contribution in [-0.4, -0.2) is 0 Å². The van der Waals surface area contributed by atoms with Crippen molar-refractivity contribution in [3.63, 3.8) is 0 Å².